The van der Waals surface area contributed by atoms with E-state index in [0.717, 1.165) is 4.57 Å². The zero-order valence-corrected chi connectivity index (χ0v) is 22.3. The maximum atomic E-state index is 14.7. The molecule has 5 rings (SSSR count). The van der Waals surface area contributed by atoms with Gasteiger partial charge in [0.2, 0.25) is 11.7 Å². The SMILES string of the molecule is CC(CF)n1cc(C(=O)NCc2nc(-c3cc4c(N[C@@H]5CCN(C)C[C@@H]5F)cccc4n3CC(F)(F)F)no2)cn1. The van der Waals surface area contributed by atoms with Crippen LogP contribution in [0.2, 0.25) is 0 Å². The Bertz CT molecular complexity index is 1510. The van der Waals surface area contributed by atoms with Gasteiger partial charge in [0.25, 0.3) is 5.91 Å². The number of hydrogen-bond acceptors (Lipinski definition) is 7. The first-order chi connectivity index (χ1) is 19.5. The molecule has 3 atom stereocenters. The minimum atomic E-state index is -4.55. The van der Waals surface area contributed by atoms with Crippen molar-refractivity contribution in [1.82, 2.24) is 34.7 Å². The summed E-state index contributed by atoms with van der Waals surface area (Å²) in [5.74, 6) is -0.663. The third-order valence-electron chi connectivity index (χ3n) is 7.00. The summed E-state index contributed by atoms with van der Waals surface area (Å²) in [5.41, 5.74) is 1.01. The number of nitrogens with zero attached hydrogens (tertiary/aromatic N) is 6. The second-order valence-corrected chi connectivity index (χ2v) is 10.2. The van der Waals surface area contributed by atoms with Gasteiger partial charge in [0.15, 0.2) is 0 Å². The van der Waals surface area contributed by atoms with E-state index in [9.17, 15) is 26.7 Å². The highest BCUT2D eigenvalue weighted by atomic mass is 19.4. The predicted molar refractivity (Wildman–Crippen MR) is 140 cm³/mol. The summed E-state index contributed by atoms with van der Waals surface area (Å²) in [6, 6.07) is 5.35. The van der Waals surface area contributed by atoms with Gasteiger partial charge >= 0.3 is 6.18 Å². The monoisotopic (exact) mass is 580 g/mol. The first-order valence-corrected chi connectivity index (χ1v) is 13.0. The molecule has 4 heterocycles. The van der Waals surface area contributed by atoms with Crippen LogP contribution in [-0.2, 0) is 13.1 Å². The van der Waals surface area contributed by atoms with Gasteiger partial charge in [0, 0.05) is 30.4 Å². The van der Waals surface area contributed by atoms with Gasteiger partial charge in [-0.05, 0) is 38.6 Å². The van der Waals surface area contributed by atoms with Crippen molar-refractivity contribution in [3.05, 3.63) is 48.1 Å². The number of rotatable bonds is 9. The summed E-state index contributed by atoms with van der Waals surface area (Å²) in [4.78, 5) is 18.6. The van der Waals surface area contributed by atoms with Gasteiger partial charge in [-0.3, -0.25) is 9.48 Å². The third kappa shape index (κ3) is 6.34. The van der Waals surface area contributed by atoms with Gasteiger partial charge in [-0.1, -0.05) is 11.2 Å². The van der Waals surface area contributed by atoms with Crippen molar-refractivity contribution in [3.8, 4) is 11.5 Å². The quantitative estimate of drug-likeness (QED) is 0.284. The Morgan fingerprint density at radius 3 is 2.83 bits per heavy atom. The topological polar surface area (TPSA) is 106 Å². The first-order valence-electron chi connectivity index (χ1n) is 13.0. The van der Waals surface area contributed by atoms with Crippen molar-refractivity contribution >= 4 is 22.5 Å². The molecule has 0 radical (unpaired) electrons. The lowest BCUT2D eigenvalue weighted by Gasteiger charge is -2.33. The fourth-order valence-electron chi connectivity index (χ4n) is 4.82. The van der Waals surface area contributed by atoms with E-state index in [1.807, 2.05) is 11.9 Å². The molecular weight excluding hydrogens is 551 g/mol. The zero-order chi connectivity index (χ0) is 29.3. The standard InChI is InChI=1S/C26H29F5N8O2/c1-15(9-27)39-12-16(10-33-39)25(40)32-11-23-35-24(36-41-23)22-8-17-19(34-20-6-7-37(2)13-18(20)28)4-3-5-21(17)38(22)14-26(29,30)31/h3-5,8,10,12,15,18,20,34H,6-7,9,11,13-14H2,1-2H3,(H,32,40)/t15?,18-,20+/m0/s1. The number of carbonyl (C=O) groups excluding carboxylic acids is 1. The molecule has 1 unspecified atom stereocenters. The Morgan fingerprint density at radius 1 is 1.29 bits per heavy atom. The van der Waals surface area contributed by atoms with E-state index in [0.29, 0.717) is 24.0 Å². The lowest BCUT2D eigenvalue weighted by molar-refractivity contribution is -0.139. The molecule has 41 heavy (non-hydrogen) atoms. The molecule has 1 aliphatic heterocycles. The minimum Gasteiger partial charge on any atom is -0.379 e. The molecule has 2 N–H and O–H groups in total. The zero-order valence-electron chi connectivity index (χ0n) is 22.3. The van der Waals surface area contributed by atoms with Crippen LogP contribution in [0.3, 0.4) is 0 Å². The molecule has 1 fully saturated rings. The number of anilines is 1. The highest BCUT2D eigenvalue weighted by Gasteiger charge is 2.32. The molecule has 0 aliphatic carbocycles. The summed E-state index contributed by atoms with van der Waals surface area (Å²) in [6.07, 6.45) is -2.46. The fourth-order valence-corrected chi connectivity index (χ4v) is 4.82. The number of benzene rings is 1. The average molecular weight is 581 g/mol. The number of halogens is 5. The Kier molecular flexibility index (Phi) is 7.98. The molecule has 0 saturated carbocycles. The summed E-state index contributed by atoms with van der Waals surface area (Å²) in [6.45, 7) is 0.404. The number of aromatic nitrogens is 5. The number of carbonyl (C=O) groups is 1. The lowest BCUT2D eigenvalue weighted by Crippen LogP contribution is -2.46. The number of hydrogen-bond donors (Lipinski definition) is 2. The fraction of sp³-hybridized carbons (Fsp3) is 0.462. The van der Waals surface area contributed by atoms with E-state index in [1.165, 1.54) is 23.1 Å². The summed E-state index contributed by atoms with van der Waals surface area (Å²) >= 11 is 0. The minimum absolute atomic E-state index is 0.0355. The van der Waals surface area contributed by atoms with E-state index in [-0.39, 0.29) is 41.6 Å². The third-order valence-corrected chi connectivity index (χ3v) is 7.00. The number of amides is 1. The Balaban J connectivity index is 1.39. The molecule has 15 heteroatoms. The smallest absolute Gasteiger partial charge is 0.379 e. The molecule has 1 amide bonds. The van der Waals surface area contributed by atoms with Crippen LogP contribution < -0.4 is 10.6 Å². The first kappa shape index (κ1) is 28.5. The molecule has 0 bridgehead atoms. The molecule has 1 saturated heterocycles. The summed E-state index contributed by atoms with van der Waals surface area (Å²) in [7, 11) is 1.83. The molecule has 10 nitrogen and oxygen atoms in total. The van der Waals surface area contributed by atoms with Gasteiger partial charge in [-0.25, -0.2) is 8.78 Å². The molecule has 1 aromatic carbocycles. The van der Waals surface area contributed by atoms with Gasteiger partial charge in [-0.15, -0.1) is 0 Å². The van der Waals surface area contributed by atoms with E-state index in [4.69, 9.17) is 4.52 Å². The van der Waals surface area contributed by atoms with Crippen molar-refractivity contribution in [3.63, 3.8) is 0 Å². The largest absolute Gasteiger partial charge is 0.406 e. The molecular formula is C26H29F5N8O2. The summed E-state index contributed by atoms with van der Waals surface area (Å²) in [5, 5.41) is 14.0. The lowest BCUT2D eigenvalue weighted by atomic mass is 10.0. The molecule has 220 valence electrons. The van der Waals surface area contributed by atoms with Crippen LogP contribution in [0.5, 0.6) is 0 Å². The van der Waals surface area contributed by atoms with Crippen LogP contribution in [0, 0.1) is 0 Å². The maximum absolute atomic E-state index is 14.7. The summed E-state index contributed by atoms with van der Waals surface area (Å²) < 4.78 is 76.0. The maximum Gasteiger partial charge on any atom is 0.406 e. The van der Waals surface area contributed by atoms with Crippen LogP contribution in [0.4, 0.5) is 27.6 Å². The van der Waals surface area contributed by atoms with E-state index >= 15 is 0 Å². The molecule has 4 aromatic rings. The second kappa shape index (κ2) is 11.5. The van der Waals surface area contributed by atoms with Gasteiger partial charge in [0.1, 0.15) is 19.4 Å². The van der Waals surface area contributed by atoms with Gasteiger partial charge in [0.05, 0.1) is 41.6 Å². The number of alkyl halides is 5. The van der Waals surface area contributed by atoms with Crippen LogP contribution >= 0.6 is 0 Å². The van der Waals surface area contributed by atoms with Crippen LogP contribution in [0.1, 0.15) is 35.6 Å². The van der Waals surface area contributed by atoms with Crippen LogP contribution in [0.15, 0.2) is 41.2 Å². The number of nitrogens with one attached hydrogen (secondary N) is 2. The van der Waals surface area contributed by atoms with Crippen LogP contribution in [0.25, 0.3) is 22.4 Å². The predicted octanol–water partition coefficient (Wildman–Crippen LogP) is 4.36. The average Bonchev–Trinajstić information content (AvgIpc) is 3.67. The van der Waals surface area contributed by atoms with E-state index < -0.39 is 43.6 Å². The highest BCUT2D eigenvalue weighted by molar-refractivity contribution is 5.96. The molecule has 0 spiro atoms. The Labute approximate surface area is 231 Å². The van der Waals surface area contributed by atoms with Crippen molar-refractivity contribution in [2.75, 3.05) is 32.1 Å². The van der Waals surface area contributed by atoms with Crippen molar-refractivity contribution in [2.45, 2.75) is 50.9 Å². The van der Waals surface area contributed by atoms with Crippen molar-refractivity contribution < 1.29 is 31.3 Å². The van der Waals surface area contributed by atoms with Crippen molar-refractivity contribution in [1.29, 1.82) is 0 Å². The second-order valence-electron chi connectivity index (χ2n) is 10.2. The normalized spacial score (nSPS) is 19.0. The Hall–Kier alpha value is -4.01. The Morgan fingerprint density at radius 2 is 2.10 bits per heavy atom. The van der Waals surface area contributed by atoms with Crippen molar-refractivity contribution in [2.24, 2.45) is 0 Å². The van der Waals surface area contributed by atoms with Crippen LogP contribution in [-0.4, -0.2) is 80.5 Å². The molecule has 3 aromatic heterocycles. The van der Waals surface area contributed by atoms with Gasteiger partial charge in [-0.2, -0.15) is 23.3 Å². The number of fused-ring (bicyclic) bond motifs is 1. The van der Waals surface area contributed by atoms with Gasteiger partial charge < -0.3 is 24.6 Å². The number of piperidine rings is 1. The van der Waals surface area contributed by atoms with E-state index in [1.54, 1.807) is 25.1 Å². The number of likely N-dealkylation sites (tertiary alicyclic amines) is 1. The highest BCUT2D eigenvalue weighted by Crippen LogP contribution is 2.35. The van der Waals surface area contributed by atoms with E-state index in [2.05, 4.69) is 25.9 Å². The molecule has 1 aliphatic rings.